The molecule has 1 aliphatic heterocycles. The lowest BCUT2D eigenvalue weighted by molar-refractivity contribution is 0.174. The molecule has 2 N–H and O–H groups in total. The molecule has 0 spiro atoms. The normalized spacial score (nSPS) is 18.6. The van der Waals surface area contributed by atoms with Gasteiger partial charge in [0.1, 0.15) is 24.2 Å². The molecule has 1 aliphatic rings. The molecule has 1 atom stereocenters. The van der Waals surface area contributed by atoms with Crippen LogP contribution in [0.3, 0.4) is 0 Å². The van der Waals surface area contributed by atoms with Crippen LogP contribution in [0.25, 0.3) is 0 Å². The smallest absolute Gasteiger partial charge is 0.129 e. The largest absolute Gasteiger partial charge is 0.462 e. The van der Waals surface area contributed by atoms with Crippen molar-refractivity contribution in [2.75, 3.05) is 26.2 Å². The molecule has 4 nitrogen and oxygen atoms in total. The number of hydrogen-bond donors (Lipinski definition) is 2. The third-order valence-corrected chi connectivity index (χ3v) is 4.36. The Morgan fingerprint density at radius 1 is 1.32 bits per heavy atom. The van der Waals surface area contributed by atoms with Crippen LogP contribution in [0, 0.1) is 0 Å². The van der Waals surface area contributed by atoms with Gasteiger partial charge in [0.2, 0.25) is 0 Å². The fourth-order valence-corrected chi connectivity index (χ4v) is 3.38. The van der Waals surface area contributed by atoms with Gasteiger partial charge in [-0.1, -0.05) is 6.07 Å². The second kappa shape index (κ2) is 5.88. The van der Waals surface area contributed by atoms with Gasteiger partial charge in [0.15, 0.2) is 0 Å². The predicted octanol–water partition coefficient (Wildman–Crippen LogP) is 1.83. The first kappa shape index (κ1) is 12.9. The highest BCUT2D eigenvalue weighted by atomic mass is 32.1. The third-order valence-electron chi connectivity index (χ3n) is 3.44. The Kier molecular flexibility index (Phi) is 3.98. The minimum absolute atomic E-state index is 0.0429. The number of thiophene rings is 1. The van der Waals surface area contributed by atoms with Crippen molar-refractivity contribution >= 4 is 11.3 Å². The van der Waals surface area contributed by atoms with Gasteiger partial charge in [-0.25, -0.2) is 0 Å². The van der Waals surface area contributed by atoms with Gasteiger partial charge in [-0.2, -0.15) is 0 Å². The first-order chi connectivity index (χ1) is 9.38. The molecular weight excluding hydrogens is 260 g/mol. The van der Waals surface area contributed by atoms with E-state index in [9.17, 15) is 0 Å². The second-order valence-corrected chi connectivity index (χ2v) is 5.65. The van der Waals surface area contributed by atoms with Crippen LogP contribution in [0.5, 0.6) is 0 Å². The number of nitrogens with zero attached hydrogens (tertiary/aromatic N) is 1. The van der Waals surface area contributed by atoms with Crippen molar-refractivity contribution in [3.05, 3.63) is 46.0 Å². The van der Waals surface area contributed by atoms with Crippen molar-refractivity contribution in [1.29, 1.82) is 0 Å². The quantitative estimate of drug-likeness (QED) is 0.896. The highest BCUT2D eigenvalue weighted by Gasteiger charge is 2.27. The van der Waals surface area contributed by atoms with E-state index in [0.717, 1.165) is 31.9 Å². The molecule has 5 heteroatoms. The maximum absolute atomic E-state index is 9.16. The Morgan fingerprint density at radius 3 is 2.79 bits per heavy atom. The molecule has 3 rings (SSSR count). The lowest BCUT2D eigenvalue weighted by atomic mass is 10.1. The Bertz CT molecular complexity index is 503. The number of aliphatic hydroxyl groups excluding tert-OH is 1. The summed E-state index contributed by atoms with van der Waals surface area (Å²) in [5.74, 6) is 1.56. The average molecular weight is 278 g/mol. The Hall–Kier alpha value is -1.14. The van der Waals surface area contributed by atoms with Crippen LogP contribution in [0.15, 0.2) is 34.1 Å². The zero-order valence-corrected chi connectivity index (χ0v) is 11.5. The molecule has 0 bridgehead atoms. The molecule has 0 aliphatic carbocycles. The summed E-state index contributed by atoms with van der Waals surface area (Å²) in [6.45, 7) is 4.00. The van der Waals surface area contributed by atoms with Crippen LogP contribution in [0.4, 0.5) is 0 Å². The zero-order valence-electron chi connectivity index (χ0n) is 10.7. The number of aliphatic hydroxyl groups is 1. The van der Waals surface area contributed by atoms with Crippen molar-refractivity contribution in [1.82, 2.24) is 10.2 Å². The SMILES string of the molecule is OCc1ccc([C@@H](c2cccs2)N2CCNCC2)o1. The number of piperazine rings is 1. The zero-order chi connectivity index (χ0) is 13.1. The average Bonchev–Trinajstić information content (AvgIpc) is 3.12. The molecule has 0 aromatic carbocycles. The molecule has 3 heterocycles. The van der Waals surface area contributed by atoms with Crippen LogP contribution >= 0.6 is 11.3 Å². The van der Waals surface area contributed by atoms with E-state index in [-0.39, 0.29) is 12.6 Å². The summed E-state index contributed by atoms with van der Waals surface area (Å²) in [5, 5.41) is 14.6. The Labute approximate surface area is 116 Å². The number of hydrogen-bond acceptors (Lipinski definition) is 5. The molecule has 102 valence electrons. The summed E-state index contributed by atoms with van der Waals surface area (Å²) in [5.41, 5.74) is 0. The van der Waals surface area contributed by atoms with Crippen LogP contribution in [0.1, 0.15) is 22.4 Å². The van der Waals surface area contributed by atoms with Gasteiger partial charge in [-0.05, 0) is 23.6 Å². The second-order valence-electron chi connectivity index (χ2n) is 4.67. The van der Waals surface area contributed by atoms with Crippen LogP contribution in [-0.4, -0.2) is 36.2 Å². The maximum atomic E-state index is 9.16. The minimum Gasteiger partial charge on any atom is -0.462 e. The minimum atomic E-state index is -0.0429. The standard InChI is InChI=1S/C14H18N2O2S/c17-10-11-3-4-12(18-11)14(13-2-1-9-19-13)16-7-5-15-6-8-16/h1-4,9,14-15,17H,5-8,10H2/t14-/m0/s1. The van der Waals surface area contributed by atoms with Crippen molar-refractivity contribution < 1.29 is 9.52 Å². The molecule has 0 saturated carbocycles. The first-order valence-corrected chi connectivity index (χ1v) is 7.44. The number of furan rings is 1. The highest BCUT2D eigenvalue weighted by Crippen LogP contribution is 2.33. The van der Waals surface area contributed by atoms with Gasteiger partial charge in [0.05, 0.1) is 0 Å². The van der Waals surface area contributed by atoms with E-state index >= 15 is 0 Å². The van der Waals surface area contributed by atoms with Crippen LogP contribution in [-0.2, 0) is 6.61 Å². The monoisotopic (exact) mass is 278 g/mol. The molecule has 1 fully saturated rings. The Morgan fingerprint density at radius 2 is 2.16 bits per heavy atom. The summed E-state index contributed by atoms with van der Waals surface area (Å²) in [6.07, 6.45) is 0. The maximum Gasteiger partial charge on any atom is 0.129 e. The van der Waals surface area contributed by atoms with E-state index in [1.54, 1.807) is 11.3 Å². The van der Waals surface area contributed by atoms with Gasteiger partial charge in [0, 0.05) is 31.1 Å². The fourth-order valence-electron chi connectivity index (χ4n) is 2.51. The van der Waals surface area contributed by atoms with Gasteiger partial charge in [0.25, 0.3) is 0 Å². The van der Waals surface area contributed by atoms with E-state index in [2.05, 4.69) is 27.7 Å². The molecule has 19 heavy (non-hydrogen) atoms. The molecule has 0 unspecified atom stereocenters. The summed E-state index contributed by atoms with van der Waals surface area (Å²) in [4.78, 5) is 3.73. The van der Waals surface area contributed by atoms with Gasteiger partial charge in [-0.15, -0.1) is 11.3 Å². The molecular formula is C14H18N2O2S. The predicted molar refractivity (Wildman–Crippen MR) is 75.2 cm³/mol. The summed E-state index contributed by atoms with van der Waals surface area (Å²) >= 11 is 1.75. The van der Waals surface area contributed by atoms with E-state index in [1.165, 1.54) is 4.88 Å². The molecule has 1 saturated heterocycles. The molecule has 0 amide bonds. The number of nitrogens with one attached hydrogen (secondary N) is 1. The van der Waals surface area contributed by atoms with Gasteiger partial charge < -0.3 is 14.8 Å². The van der Waals surface area contributed by atoms with Crippen LogP contribution < -0.4 is 5.32 Å². The summed E-state index contributed by atoms with van der Waals surface area (Å²) in [6, 6.07) is 8.24. The lowest BCUT2D eigenvalue weighted by Gasteiger charge is -2.33. The summed E-state index contributed by atoms with van der Waals surface area (Å²) in [7, 11) is 0. The van der Waals surface area contributed by atoms with E-state index in [1.807, 2.05) is 12.1 Å². The van der Waals surface area contributed by atoms with Gasteiger partial charge >= 0.3 is 0 Å². The highest BCUT2D eigenvalue weighted by molar-refractivity contribution is 7.10. The van der Waals surface area contributed by atoms with Crippen LogP contribution in [0.2, 0.25) is 0 Å². The van der Waals surface area contributed by atoms with Crippen molar-refractivity contribution in [3.63, 3.8) is 0 Å². The topological polar surface area (TPSA) is 48.6 Å². The molecule has 0 radical (unpaired) electrons. The van der Waals surface area contributed by atoms with E-state index in [4.69, 9.17) is 9.52 Å². The fraction of sp³-hybridized carbons (Fsp3) is 0.429. The third kappa shape index (κ3) is 2.74. The lowest BCUT2D eigenvalue weighted by Crippen LogP contribution is -2.45. The molecule has 2 aromatic rings. The van der Waals surface area contributed by atoms with Crippen molar-refractivity contribution in [3.8, 4) is 0 Å². The van der Waals surface area contributed by atoms with Gasteiger partial charge in [-0.3, -0.25) is 4.90 Å². The van der Waals surface area contributed by atoms with Crippen molar-refractivity contribution in [2.24, 2.45) is 0 Å². The van der Waals surface area contributed by atoms with Crippen molar-refractivity contribution in [2.45, 2.75) is 12.6 Å². The van der Waals surface area contributed by atoms with E-state index < -0.39 is 0 Å². The number of rotatable bonds is 4. The first-order valence-electron chi connectivity index (χ1n) is 6.56. The van der Waals surface area contributed by atoms with E-state index in [0.29, 0.717) is 5.76 Å². The summed E-state index contributed by atoms with van der Waals surface area (Å²) < 4.78 is 5.77. The molecule has 2 aromatic heterocycles. The Balaban J connectivity index is 1.91.